The van der Waals surface area contributed by atoms with Gasteiger partial charge in [0.2, 0.25) is 0 Å². The Morgan fingerprint density at radius 1 is 1.07 bits per heavy atom. The van der Waals surface area contributed by atoms with Gasteiger partial charge in [0.05, 0.1) is 11.7 Å². The standard InChI is InChI=1S/C24H23N3O/c1-15-8-10-19(16(2)12-15)24(28)27-18-9-11-22(27)20-14-25-23(26-21(20)13-18)17-6-4-3-5-7-17/h3-8,10,12,14,18,22H,9,11,13H2,1-2H3. The third kappa shape index (κ3) is 2.71. The largest absolute Gasteiger partial charge is 0.328 e. The van der Waals surface area contributed by atoms with Gasteiger partial charge in [-0.2, -0.15) is 0 Å². The van der Waals surface area contributed by atoms with E-state index in [-0.39, 0.29) is 18.0 Å². The lowest BCUT2D eigenvalue weighted by Gasteiger charge is -2.36. The first kappa shape index (κ1) is 17.1. The molecule has 2 bridgehead atoms. The Bertz CT molecular complexity index is 1060. The van der Waals surface area contributed by atoms with Gasteiger partial charge in [0.1, 0.15) is 0 Å². The lowest BCUT2D eigenvalue weighted by atomic mass is 9.96. The Morgan fingerprint density at radius 3 is 2.68 bits per heavy atom. The molecule has 2 aliphatic rings. The van der Waals surface area contributed by atoms with Crippen LogP contribution in [0.4, 0.5) is 0 Å². The predicted molar refractivity (Wildman–Crippen MR) is 109 cm³/mol. The van der Waals surface area contributed by atoms with Crippen molar-refractivity contribution in [2.75, 3.05) is 0 Å². The van der Waals surface area contributed by atoms with Crippen LogP contribution < -0.4 is 0 Å². The number of carbonyl (C=O) groups is 1. The number of hydrogen-bond acceptors (Lipinski definition) is 3. The average Bonchev–Trinajstić information content (AvgIpc) is 3.02. The van der Waals surface area contributed by atoms with Crippen LogP contribution in [0.1, 0.15) is 51.6 Å². The van der Waals surface area contributed by atoms with Gasteiger partial charge in [-0.15, -0.1) is 0 Å². The van der Waals surface area contributed by atoms with Crippen LogP contribution in [0.15, 0.2) is 54.7 Å². The summed E-state index contributed by atoms with van der Waals surface area (Å²) in [7, 11) is 0. The number of carbonyl (C=O) groups excluding carboxylic acids is 1. The highest BCUT2D eigenvalue weighted by molar-refractivity contribution is 5.96. The van der Waals surface area contributed by atoms with Crippen molar-refractivity contribution >= 4 is 5.91 Å². The van der Waals surface area contributed by atoms with Crippen LogP contribution in [0.5, 0.6) is 0 Å². The molecule has 0 aliphatic carbocycles. The molecule has 1 fully saturated rings. The molecule has 140 valence electrons. The molecule has 28 heavy (non-hydrogen) atoms. The van der Waals surface area contributed by atoms with Crippen LogP contribution in [-0.2, 0) is 6.42 Å². The molecule has 0 saturated carbocycles. The number of aryl methyl sites for hydroxylation is 2. The Labute approximate surface area is 165 Å². The summed E-state index contributed by atoms with van der Waals surface area (Å²) in [6, 6.07) is 16.5. The molecular weight excluding hydrogens is 346 g/mol. The molecule has 2 aliphatic heterocycles. The highest BCUT2D eigenvalue weighted by Crippen LogP contribution is 2.44. The quantitative estimate of drug-likeness (QED) is 0.660. The summed E-state index contributed by atoms with van der Waals surface area (Å²) in [5.41, 5.74) is 6.30. The molecule has 1 saturated heterocycles. The maximum Gasteiger partial charge on any atom is 0.254 e. The van der Waals surface area contributed by atoms with Crippen LogP contribution >= 0.6 is 0 Å². The molecule has 0 radical (unpaired) electrons. The van der Waals surface area contributed by atoms with Crippen molar-refractivity contribution in [3.05, 3.63) is 82.7 Å². The van der Waals surface area contributed by atoms with Crippen LogP contribution in [0.25, 0.3) is 11.4 Å². The van der Waals surface area contributed by atoms with Crippen LogP contribution in [0, 0.1) is 13.8 Å². The molecule has 1 aromatic heterocycles. The van der Waals surface area contributed by atoms with E-state index in [0.29, 0.717) is 0 Å². The number of amides is 1. The minimum atomic E-state index is 0.0896. The molecule has 2 unspecified atom stereocenters. The van der Waals surface area contributed by atoms with Gasteiger partial charge >= 0.3 is 0 Å². The zero-order valence-electron chi connectivity index (χ0n) is 16.2. The summed E-state index contributed by atoms with van der Waals surface area (Å²) >= 11 is 0. The Kier molecular flexibility index (Phi) is 4.00. The number of hydrogen-bond donors (Lipinski definition) is 0. The molecule has 0 N–H and O–H groups in total. The zero-order chi connectivity index (χ0) is 19.3. The van der Waals surface area contributed by atoms with Crippen molar-refractivity contribution < 1.29 is 4.79 Å². The van der Waals surface area contributed by atoms with Gasteiger partial charge in [0.15, 0.2) is 5.82 Å². The molecular formula is C24H23N3O. The molecule has 5 rings (SSSR count). The summed E-state index contributed by atoms with van der Waals surface area (Å²) in [5, 5.41) is 0. The second-order valence-corrected chi connectivity index (χ2v) is 7.94. The van der Waals surface area contributed by atoms with E-state index in [2.05, 4.69) is 22.9 Å². The van der Waals surface area contributed by atoms with E-state index in [1.165, 1.54) is 5.56 Å². The van der Waals surface area contributed by atoms with Crippen molar-refractivity contribution in [3.8, 4) is 11.4 Å². The molecule has 2 atom stereocenters. The Hall–Kier alpha value is -3.01. The van der Waals surface area contributed by atoms with Crippen molar-refractivity contribution in [1.29, 1.82) is 0 Å². The van der Waals surface area contributed by atoms with Crippen molar-refractivity contribution in [2.24, 2.45) is 0 Å². The van der Waals surface area contributed by atoms with E-state index in [9.17, 15) is 4.79 Å². The van der Waals surface area contributed by atoms with Gasteiger partial charge in [-0.1, -0.05) is 48.0 Å². The molecule has 3 aromatic rings. The monoisotopic (exact) mass is 369 g/mol. The minimum Gasteiger partial charge on any atom is -0.328 e. The van der Waals surface area contributed by atoms with E-state index in [0.717, 1.165) is 53.0 Å². The van der Waals surface area contributed by atoms with Crippen molar-refractivity contribution in [2.45, 2.75) is 45.2 Å². The van der Waals surface area contributed by atoms with Crippen molar-refractivity contribution in [1.82, 2.24) is 14.9 Å². The third-order valence-electron chi connectivity index (χ3n) is 6.07. The fourth-order valence-corrected chi connectivity index (χ4v) is 4.71. The first-order chi connectivity index (χ1) is 13.6. The number of aromatic nitrogens is 2. The third-order valence-corrected chi connectivity index (χ3v) is 6.07. The van der Waals surface area contributed by atoms with E-state index in [4.69, 9.17) is 4.98 Å². The number of benzene rings is 2. The first-order valence-corrected chi connectivity index (χ1v) is 9.93. The van der Waals surface area contributed by atoms with Crippen molar-refractivity contribution in [3.63, 3.8) is 0 Å². The molecule has 4 heteroatoms. The lowest BCUT2D eigenvalue weighted by Crippen LogP contribution is -2.42. The Morgan fingerprint density at radius 2 is 1.89 bits per heavy atom. The zero-order valence-corrected chi connectivity index (χ0v) is 16.2. The van der Waals surface area contributed by atoms with Crippen LogP contribution in [0.2, 0.25) is 0 Å². The van der Waals surface area contributed by atoms with E-state index >= 15 is 0 Å². The molecule has 2 aromatic carbocycles. The van der Waals surface area contributed by atoms with Gasteiger partial charge in [-0.25, -0.2) is 9.97 Å². The maximum atomic E-state index is 13.4. The van der Waals surface area contributed by atoms with Gasteiger partial charge < -0.3 is 4.90 Å². The second kappa shape index (κ2) is 6.55. The van der Waals surface area contributed by atoms with Crippen LogP contribution in [-0.4, -0.2) is 26.8 Å². The van der Waals surface area contributed by atoms with Gasteiger partial charge in [0.25, 0.3) is 5.91 Å². The SMILES string of the molecule is Cc1ccc(C(=O)N2C3CCC2c2cnc(-c4ccccc4)nc2C3)c(C)c1. The molecule has 4 nitrogen and oxygen atoms in total. The van der Waals surface area contributed by atoms with E-state index in [1.54, 1.807) is 0 Å². The van der Waals surface area contributed by atoms with E-state index < -0.39 is 0 Å². The summed E-state index contributed by atoms with van der Waals surface area (Å²) in [5.74, 6) is 0.913. The fourth-order valence-electron chi connectivity index (χ4n) is 4.71. The summed E-state index contributed by atoms with van der Waals surface area (Å²) in [6.07, 6.45) is 4.77. The average molecular weight is 369 g/mol. The fraction of sp³-hybridized carbons (Fsp3) is 0.292. The highest BCUT2D eigenvalue weighted by atomic mass is 16.2. The second-order valence-electron chi connectivity index (χ2n) is 7.94. The summed E-state index contributed by atoms with van der Waals surface area (Å²) in [6.45, 7) is 4.08. The molecule has 3 heterocycles. The Balaban J connectivity index is 1.50. The molecule has 0 spiro atoms. The van der Waals surface area contributed by atoms with Gasteiger partial charge in [0, 0.05) is 35.3 Å². The smallest absolute Gasteiger partial charge is 0.254 e. The normalized spacial score (nSPS) is 20.1. The summed E-state index contributed by atoms with van der Waals surface area (Å²) < 4.78 is 0. The van der Waals surface area contributed by atoms with Gasteiger partial charge in [-0.3, -0.25) is 4.79 Å². The number of rotatable bonds is 2. The first-order valence-electron chi connectivity index (χ1n) is 9.93. The number of fused-ring (bicyclic) bond motifs is 4. The molecule has 1 amide bonds. The minimum absolute atomic E-state index is 0.0896. The topological polar surface area (TPSA) is 46.1 Å². The predicted octanol–water partition coefficient (Wildman–Crippen LogP) is 4.66. The highest BCUT2D eigenvalue weighted by Gasteiger charge is 2.43. The van der Waals surface area contributed by atoms with Gasteiger partial charge in [-0.05, 0) is 38.3 Å². The maximum absolute atomic E-state index is 13.4. The van der Waals surface area contributed by atoms with E-state index in [1.807, 2.05) is 55.6 Å². The number of nitrogens with zero attached hydrogens (tertiary/aromatic N) is 3. The lowest BCUT2D eigenvalue weighted by molar-refractivity contribution is 0.0643. The van der Waals surface area contributed by atoms with Crippen LogP contribution in [0.3, 0.4) is 0 Å². The summed E-state index contributed by atoms with van der Waals surface area (Å²) in [4.78, 5) is 25.0.